The number of nitrogens with zero attached hydrogens (tertiary/aromatic N) is 2. The number of nitrogens with one attached hydrogen (secondary N) is 1. The van der Waals surface area contributed by atoms with Crippen LogP contribution in [0.5, 0.6) is 0 Å². The summed E-state index contributed by atoms with van der Waals surface area (Å²) in [6.07, 6.45) is 4.76. The molecule has 0 amide bonds. The van der Waals surface area contributed by atoms with Crippen LogP contribution in [0, 0.1) is 0 Å². The molecule has 0 unspecified atom stereocenters. The molecule has 0 radical (unpaired) electrons. The number of aromatic amines is 1. The Morgan fingerprint density at radius 3 is 2.40 bits per heavy atom. The van der Waals surface area contributed by atoms with Gasteiger partial charge in [-0.1, -0.05) is 0 Å². The van der Waals surface area contributed by atoms with Crippen molar-refractivity contribution in [3.63, 3.8) is 0 Å². The second kappa shape index (κ2) is 5.48. The lowest BCUT2D eigenvalue weighted by Crippen LogP contribution is -2.57. The fourth-order valence-corrected chi connectivity index (χ4v) is 3.97. The van der Waals surface area contributed by atoms with Gasteiger partial charge in [0.1, 0.15) is 0 Å². The van der Waals surface area contributed by atoms with Crippen LogP contribution in [0.15, 0.2) is 17.2 Å². The molecule has 20 heavy (non-hydrogen) atoms. The Kier molecular flexibility index (Phi) is 4.24. The zero-order valence-corrected chi connectivity index (χ0v) is 13.2. The van der Waals surface area contributed by atoms with Crippen molar-refractivity contribution in [2.24, 2.45) is 5.73 Å². The van der Waals surface area contributed by atoms with Gasteiger partial charge in [0.25, 0.3) is 0 Å². The topological polar surface area (TPSA) is 82.4 Å². The lowest BCUT2D eigenvalue weighted by molar-refractivity contribution is 0.0455. The van der Waals surface area contributed by atoms with Gasteiger partial charge >= 0.3 is 0 Å². The Bertz CT molecular complexity index is 561. The molecule has 0 spiro atoms. The zero-order valence-electron chi connectivity index (χ0n) is 12.4. The molecule has 1 heterocycles. The van der Waals surface area contributed by atoms with Gasteiger partial charge in [-0.05, 0) is 39.4 Å². The molecule has 2 rings (SSSR count). The van der Waals surface area contributed by atoms with Gasteiger partial charge in [-0.25, -0.2) is 8.42 Å². The minimum absolute atomic E-state index is 0.0190. The highest BCUT2D eigenvalue weighted by atomic mass is 32.2. The third kappa shape index (κ3) is 2.63. The predicted octanol–water partition coefficient (Wildman–Crippen LogP) is 0.578. The van der Waals surface area contributed by atoms with E-state index in [0.29, 0.717) is 13.1 Å². The van der Waals surface area contributed by atoms with Crippen LogP contribution in [0.25, 0.3) is 0 Å². The Labute approximate surface area is 121 Å². The van der Waals surface area contributed by atoms with Crippen LogP contribution in [0.1, 0.15) is 25.0 Å². The summed E-state index contributed by atoms with van der Waals surface area (Å²) in [4.78, 5) is 5.32. The molecule has 0 saturated heterocycles. The molecular formula is C13H24N4O2S. The van der Waals surface area contributed by atoms with Crippen LogP contribution in [-0.4, -0.2) is 55.8 Å². The van der Waals surface area contributed by atoms with Crippen molar-refractivity contribution in [1.29, 1.82) is 0 Å². The summed E-state index contributed by atoms with van der Waals surface area (Å²) in [6, 6.07) is 1.61. The molecule has 0 aliphatic heterocycles. The molecule has 0 bridgehead atoms. The fourth-order valence-electron chi connectivity index (χ4n) is 2.70. The number of H-pyrrole nitrogens is 1. The van der Waals surface area contributed by atoms with Gasteiger partial charge < -0.3 is 15.6 Å². The molecule has 1 aliphatic carbocycles. The van der Waals surface area contributed by atoms with Crippen LogP contribution in [0.3, 0.4) is 0 Å². The van der Waals surface area contributed by atoms with Crippen LogP contribution < -0.4 is 5.73 Å². The average Bonchev–Trinajstić information content (AvgIpc) is 2.82. The van der Waals surface area contributed by atoms with E-state index in [2.05, 4.69) is 9.88 Å². The van der Waals surface area contributed by atoms with E-state index < -0.39 is 10.0 Å². The maximum Gasteiger partial charge on any atom is 0.244 e. The van der Waals surface area contributed by atoms with Crippen LogP contribution in [0.2, 0.25) is 0 Å². The van der Waals surface area contributed by atoms with Gasteiger partial charge in [-0.3, -0.25) is 0 Å². The van der Waals surface area contributed by atoms with E-state index in [1.807, 2.05) is 14.1 Å². The maximum atomic E-state index is 12.5. The quantitative estimate of drug-likeness (QED) is 0.805. The molecule has 1 aromatic heterocycles. The van der Waals surface area contributed by atoms with Crippen molar-refractivity contribution >= 4 is 10.0 Å². The molecular weight excluding hydrogens is 276 g/mol. The molecule has 1 aliphatic rings. The Morgan fingerprint density at radius 1 is 1.35 bits per heavy atom. The van der Waals surface area contributed by atoms with Crippen molar-refractivity contribution in [1.82, 2.24) is 14.2 Å². The molecule has 0 aromatic carbocycles. The van der Waals surface area contributed by atoms with Gasteiger partial charge in [0, 0.05) is 37.6 Å². The van der Waals surface area contributed by atoms with Gasteiger partial charge in [0.05, 0.1) is 4.90 Å². The van der Waals surface area contributed by atoms with E-state index in [1.54, 1.807) is 13.1 Å². The smallest absolute Gasteiger partial charge is 0.244 e. The predicted molar refractivity (Wildman–Crippen MR) is 78.8 cm³/mol. The number of nitrogens with two attached hydrogens (primary N) is 1. The van der Waals surface area contributed by atoms with Crippen molar-refractivity contribution in [3.05, 3.63) is 18.0 Å². The molecule has 114 valence electrons. The highest BCUT2D eigenvalue weighted by molar-refractivity contribution is 7.89. The maximum absolute atomic E-state index is 12.5. The monoisotopic (exact) mass is 300 g/mol. The average molecular weight is 300 g/mol. The highest BCUT2D eigenvalue weighted by Gasteiger charge is 2.42. The molecule has 3 N–H and O–H groups in total. The SMILES string of the molecule is CN(C)C1(CN(C)S(=O)(=O)c2c[nH]c(CN)c2)CCC1. The first kappa shape index (κ1) is 15.5. The summed E-state index contributed by atoms with van der Waals surface area (Å²) >= 11 is 0. The Balaban J connectivity index is 2.17. The fraction of sp³-hybridized carbons (Fsp3) is 0.692. The summed E-state index contributed by atoms with van der Waals surface area (Å²) in [6.45, 7) is 0.826. The number of aromatic nitrogens is 1. The number of hydrogen-bond acceptors (Lipinski definition) is 4. The molecule has 1 saturated carbocycles. The number of hydrogen-bond donors (Lipinski definition) is 2. The lowest BCUT2D eigenvalue weighted by Gasteiger charge is -2.48. The molecule has 7 heteroatoms. The van der Waals surface area contributed by atoms with Crippen molar-refractivity contribution in [2.45, 2.75) is 36.2 Å². The van der Waals surface area contributed by atoms with Gasteiger partial charge in [0.2, 0.25) is 10.0 Å². The van der Waals surface area contributed by atoms with E-state index >= 15 is 0 Å². The summed E-state index contributed by atoms with van der Waals surface area (Å²) in [7, 11) is 2.23. The van der Waals surface area contributed by atoms with E-state index in [1.165, 1.54) is 10.5 Å². The van der Waals surface area contributed by atoms with Crippen molar-refractivity contribution in [3.8, 4) is 0 Å². The summed E-state index contributed by atoms with van der Waals surface area (Å²) < 4.78 is 26.6. The van der Waals surface area contributed by atoms with Gasteiger partial charge in [-0.2, -0.15) is 4.31 Å². The number of rotatable bonds is 6. The number of sulfonamides is 1. The largest absolute Gasteiger partial charge is 0.363 e. The van der Waals surface area contributed by atoms with E-state index in [0.717, 1.165) is 25.0 Å². The molecule has 6 nitrogen and oxygen atoms in total. The summed E-state index contributed by atoms with van der Waals surface area (Å²) in [5.41, 5.74) is 6.21. The molecule has 0 atom stereocenters. The third-order valence-electron chi connectivity index (χ3n) is 4.39. The van der Waals surface area contributed by atoms with E-state index in [-0.39, 0.29) is 10.4 Å². The minimum atomic E-state index is -3.45. The second-order valence-corrected chi connectivity index (χ2v) is 7.84. The van der Waals surface area contributed by atoms with Gasteiger partial charge in [-0.15, -0.1) is 0 Å². The first-order valence-corrected chi connectivity index (χ1v) is 8.27. The Morgan fingerprint density at radius 2 is 2.00 bits per heavy atom. The number of likely N-dealkylation sites (N-methyl/N-ethyl adjacent to an activating group) is 2. The Hall–Kier alpha value is -0.890. The molecule has 1 fully saturated rings. The lowest BCUT2D eigenvalue weighted by atomic mass is 9.75. The summed E-state index contributed by atoms with van der Waals surface area (Å²) in [5.74, 6) is 0. The standard InChI is InChI=1S/C13H24N4O2S/c1-16(2)13(5-4-6-13)10-17(3)20(18,19)12-7-11(8-14)15-9-12/h7,9,15H,4-6,8,10,14H2,1-3H3. The second-order valence-electron chi connectivity index (χ2n) is 5.80. The summed E-state index contributed by atoms with van der Waals surface area (Å²) in [5, 5.41) is 0. The third-order valence-corrected chi connectivity index (χ3v) is 6.18. The minimum Gasteiger partial charge on any atom is -0.363 e. The van der Waals surface area contributed by atoms with Crippen LogP contribution >= 0.6 is 0 Å². The van der Waals surface area contributed by atoms with Crippen molar-refractivity contribution in [2.75, 3.05) is 27.7 Å². The normalized spacial score (nSPS) is 18.5. The first-order valence-electron chi connectivity index (χ1n) is 6.83. The van der Waals surface area contributed by atoms with Crippen LogP contribution in [0.4, 0.5) is 0 Å². The van der Waals surface area contributed by atoms with Crippen LogP contribution in [-0.2, 0) is 16.6 Å². The van der Waals surface area contributed by atoms with Gasteiger partial charge in [0.15, 0.2) is 0 Å². The molecule has 1 aromatic rings. The van der Waals surface area contributed by atoms with E-state index in [4.69, 9.17) is 5.73 Å². The first-order chi connectivity index (χ1) is 9.32. The van der Waals surface area contributed by atoms with Crippen molar-refractivity contribution < 1.29 is 8.42 Å². The van der Waals surface area contributed by atoms with E-state index in [9.17, 15) is 8.42 Å². The zero-order chi connectivity index (χ0) is 15.0. The highest BCUT2D eigenvalue weighted by Crippen LogP contribution is 2.37.